The fourth-order valence-electron chi connectivity index (χ4n) is 14.9. The topological polar surface area (TPSA) is 114 Å². The number of rotatable bonds is 7. The first-order valence-electron chi connectivity index (χ1n) is 38.4. The molecule has 10 heteroatoms. The van der Waals surface area contributed by atoms with Crippen molar-refractivity contribution < 1.29 is 41.3 Å². The van der Waals surface area contributed by atoms with Gasteiger partial charge in [0.25, 0.3) is 0 Å². The van der Waals surface area contributed by atoms with E-state index in [-0.39, 0.29) is 79.4 Å². The van der Waals surface area contributed by atoms with Crippen molar-refractivity contribution in [2.75, 3.05) is 0 Å². The first-order chi connectivity index (χ1) is 53.9. The van der Waals surface area contributed by atoms with Crippen LogP contribution >= 0.6 is 0 Å². The summed E-state index contributed by atoms with van der Waals surface area (Å²) in [7, 11) is 0. The second kappa shape index (κ2) is 19.6. The van der Waals surface area contributed by atoms with Crippen molar-refractivity contribution in [3.05, 3.63) is 285 Å². The van der Waals surface area contributed by atoms with E-state index in [1.165, 1.54) is 0 Å². The molecular formula is C87H47N5O5. The van der Waals surface area contributed by atoms with Crippen LogP contribution < -0.4 is 0 Å². The maximum atomic E-state index is 9.51. The van der Waals surface area contributed by atoms with E-state index in [1.807, 2.05) is 185 Å². The number of aromatic nitrogens is 5. The molecule has 22 aromatic rings. The van der Waals surface area contributed by atoms with Crippen molar-refractivity contribution in [1.29, 1.82) is 0 Å². The molecule has 0 aliphatic carbocycles. The van der Waals surface area contributed by atoms with E-state index in [0.717, 1.165) is 76.1 Å². The summed E-state index contributed by atoms with van der Waals surface area (Å²) in [5, 5.41) is 8.22. The van der Waals surface area contributed by atoms with Gasteiger partial charge in [-0.05, 0) is 143 Å². The van der Waals surface area contributed by atoms with Gasteiger partial charge in [-0.15, -0.1) is 0 Å². The van der Waals surface area contributed by atoms with E-state index in [4.69, 9.17) is 53.5 Å². The van der Waals surface area contributed by atoms with Crippen LogP contribution in [0.25, 0.3) is 221 Å². The molecule has 8 aromatic heterocycles. The van der Waals surface area contributed by atoms with Gasteiger partial charge in [-0.25, -0.2) is 15.0 Å². The highest BCUT2D eigenvalue weighted by Crippen LogP contribution is 2.47. The van der Waals surface area contributed by atoms with Crippen molar-refractivity contribution in [2.45, 2.75) is 0 Å². The quantitative estimate of drug-likeness (QED) is 0.155. The number of furan rings is 5. The number of fused-ring (bicyclic) bond motifs is 21. The lowest BCUT2D eigenvalue weighted by molar-refractivity contribution is 0.668. The molecule has 14 aromatic carbocycles. The molecule has 0 aliphatic rings. The predicted molar refractivity (Wildman–Crippen MR) is 392 cm³/mol. The third-order valence-corrected chi connectivity index (χ3v) is 19.1. The molecule has 0 saturated carbocycles. The molecule has 0 saturated heterocycles. The average molecular weight is 1260 g/mol. The number of hydrogen-bond donors (Lipinski definition) is 0. The summed E-state index contributed by atoms with van der Waals surface area (Å²) in [5.74, 6) is 1.07. The van der Waals surface area contributed by atoms with Gasteiger partial charge in [0.15, 0.2) is 17.5 Å². The van der Waals surface area contributed by atoms with Crippen LogP contribution in [-0.2, 0) is 0 Å². The van der Waals surface area contributed by atoms with Crippen LogP contribution in [-0.4, -0.2) is 24.1 Å². The van der Waals surface area contributed by atoms with E-state index in [2.05, 4.69) is 24.3 Å². The van der Waals surface area contributed by atoms with Crippen LogP contribution in [0.4, 0.5) is 0 Å². The van der Waals surface area contributed by atoms with Gasteiger partial charge in [0.05, 0.1) is 63.4 Å². The standard InChI is InChI=1S/C87H47N5O5/c1-6-24-64-52(16-1)60-44-48(36-40-66(60)91(64)68-26-14-34-78-83(68)55-19-4-9-29-71(55)94-78)50-38-42-73-62(46-50)81-58(22-12-32-76(81)96-73)86-88-85(57-21-11-31-75-80(57)54-18-3-8-28-70(54)93-75)89-87(90-86)59-23-13-33-77-82(59)63-47-51(39-43-74(63)97-77)49-37-41-67-61(45-49)53-17-2-7-25-65(53)92(67)69-27-15-35-79-84(69)56-20-5-10-30-72(56)95-79/h1-47H/i4D,5D,9D,10D,14D,15D,19D,20D,26D,27D,29D,30D,34D,35D. The van der Waals surface area contributed by atoms with Crippen LogP contribution in [0.15, 0.2) is 307 Å². The Labute approximate surface area is 569 Å². The molecule has 22 rings (SSSR count). The lowest BCUT2D eigenvalue weighted by Crippen LogP contribution is -2.01. The van der Waals surface area contributed by atoms with Gasteiger partial charge in [-0.3, -0.25) is 0 Å². The minimum Gasteiger partial charge on any atom is -0.456 e. The minimum absolute atomic E-state index is 0.0195. The third-order valence-electron chi connectivity index (χ3n) is 19.1. The normalized spacial score (nSPS) is 14.4. The zero-order valence-corrected chi connectivity index (χ0v) is 50.3. The van der Waals surface area contributed by atoms with Gasteiger partial charge >= 0.3 is 0 Å². The lowest BCUT2D eigenvalue weighted by Gasteiger charge is -2.11. The Bertz CT molecular complexity index is 7660. The second-order valence-corrected chi connectivity index (χ2v) is 24.2. The molecule has 0 N–H and O–H groups in total. The Morgan fingerprint density at radius 2 is 0.588 bits per heavy atom. The first kappa shape index (κ1) is 40.6. The van der Waals surface area contributed by atoms with E-state index >= 15 is 0 Å². The molecule has 450 valence electrons. The largest absolute Gasteiger partial charge is 0.456 e. The summed E-state index contributed by atoms with van der Waals surface area (Å²) in [5.41, 5.74) is 11.4. The van der Waals surface area contributed by atoms with Crippen LogP contribution in [0, 0.1) is 0 Å². The summed E-state index contributed by atoms with van der Waals surface area (Å²) < 4.78 is 161. The van der Waals surface area contributed by atoms with Gasteiger partial charge in [0, 0.05) is 81.3 Å². The SMILES string of the molecule is [2H]c1c([2H])c([2H])c2c(oc3c([2H])c([2H])c([2H])c(-n4c5ccccc5c5cc(-c6ccc7oc8cccc(-c9nc(-c%10cccc%11oc%12ccccc%12c%10%11)nc(-c%10cccc%11oc%12ccc(-c%13ccc%14c(c%13)c%13ccccc%13n%14-c%13c([2H])c([2H])c([2H])c%14oc%15c([2H])c([2H])c([2H])c([2H])c%15c%13%14)cc%12c%10%11)n9)c8c7c6)ccc54)c32)c1[2H]. The van der Waals surface area contributed by atoms with E-state index in [1.54, 1.807) is 0 Å². The summed E-state index contributed by atoms with van der Waals surface area (Å²) in [6, 6.07) is 58.7. The summed E-state index contributed by atoms with van der Waals surface area (Å²) in [6.07, 6.45) is 0. The number of para-hydroxylation sites is 5. The number of nitrogens with zero attached hydrogens (tertiary/aromatic N) is 5. The molecule has 0 unspecified atom stereocenters. The van der Waals surface area contributed by atoms with E-state index in [0.29, 0.717) is 89.7 Å². The van der Waals surface area contributed by atoms with Crippen molar-refractivity contribution in [1.82, 2.24) is 24.1 Å². The Morgan fingerprint density at radius 3 is 1.06 bits per heavy atom. The molecule has 0 amide bonds. The van der Waals surface area contributed by atoms with Crippen molar-refractivity contribution in [2.24, 2.45) is 0 Å². The zero-order chi connectivity index (χ0) is 75.3. The van der Waals surface area contributed by atoms with Crippen LogP contribution in [0.1, 0.15) is 19.2 Å². The average Bonchev–Trinajstić information content (AvgIpc) is 1.54. The molecular weight excluding hydrogens is 1190 g/mol. The molecule has 0 aliphatic heterocycles. The summed E-state index contributed by atoms with van der Waals surface area (Å²) in [4.78, 5) is 16.4. The van der Waals surface area contributed by atoms with E-state index in [9.17, 15) is 2.74 Å². The lowest BCUT2D eigenvalue weighted by atomic mass is 9.98. The molecule has 0 spiro atoms. The molecule has 0 bridgehead atoms. The summed E-state index contributed by atoms with van der Waals surface area (Å²) in [6.45, 7) is 0. The van der Waals surface area contributed by atoms with Crippen LogP contribution in [0.3, 0.4) is 0 Å². The number of benzene rings is 14. The van der Waals surface area contributed by atoms with Gasteiger partial charge in [-0.2, -0.15) is 0 Å². The molecule has 0 radical (unpaired) electrons. The molecule has 10 nitrogen and oxygen atoms in total. The smallest absolute Gasteiger partial charge is 0.164 e. The molecule has 97 heavy (non-hydrogen) atoms. The van der Waals surface area contributed by atoms with Gasteiger partial charge in [-0.1, -0.05) is 164 Å². The highest BCUT2D eigenvalue weighted by atomic mass is 16.3. The fraction of sp³-hybridized carbons (Fsp3) is 0. The highest BCUT2D eigenvalue weighted by molar-refractivity contribution is 6.20. The number of hydrogen-bond acceptors (Lipinski definition) is 8. The molecule has 0 atom stereocenters. The van der Waals surface area contributed by atoms with Gasteiger partial charge < -0.3 is 31.2 Å². The Hall–Kier alpha value is -13.3. The van der Waals surface area contributed by atoms with Crippen molar-refractivity contribution in [3.63, 3.8) is 0 Å². The Kier molecular flexibility index (Phi) is 8.22. The fourth-order valence-corrected chi connectivity index (χ4v) is 14.9. The van der Waals surface area contributed by atoms with Gasteiger partial charge in [0.2, 0.25) is 0 Å². The first-order valence-corrected chi connectivity index (χ1v) is 31.4. The Morgan fingerprint density at radius 1 is 0.237 bits per heavy atom. The van der Waals surface area contributed by atoms with Crippen molar-refractivity contribution >= 4 is 153 Å². The molecule has 0 fully saturated rings. The monoisotopic (exact) mass is 1260 g/mol. The van der Waals surface area contributed by atoms with Crippen molar-refractivity contribution in [3.8, 4) is 67.8 Å². The van der Waals surface area contributed by atoms with E-state index < -0.39 is 60.4 Å². The minimum atomic E-state index is -0.502. The second-order valence-electron chi connectivity index (χ2n) is 24.2. The zero-order valence-electron chi connectivity index (χ0n) is 64.3. The van der Waals surface area contributed by atoms with Crippen LogP contribution in [0.2, 0.25) is 0 Å². The maximum Gasteiger partial charge on any atom is 0.164 e. The van der Waals surface area contributed by atoms with Gasteiger partial charge in [0.1, 0.15) is 55.8 Å². The maximum absolute atomic E-state index is 9.51. The predicted octanol–water partition coefficient (Wildman–Crippen LogP) is 23.9. The Balaban J connectivity index is 0.712. The third kappa shape index (κ3) is 7.51. The molecule has 8 heterocycles. The van der Waals surface area contributed by atoms with Crippen LogP contribution in [0.5, 0.6) is 0 Å². The highest BCUT2D eigenvalue weighted by Gasteiger charge is 2.26. The summed E-state index contributed by atoms with van der Waals surface area (Å²) >= 11 is 0.